The minimum Gasteiger partial charge on any atom is -0.497 e. The van der Waals surface area contributed by atoms with Crippen molar-refractivity contribution in [2.24, 2.45) is 11.8 Å². The second-order valence-electron chi connectivity index (χ2n) is 8.18. The number of benzene rings is 2. The van der Waals surface area contributed by atoms with Gasteiger partial charge in [0.2, 0.25) is 0 Å². The number of carbonyl (C=O) groups excluding carboxylic acids is 2. The second kappa shape index (κ2) is 11.0. The van der Waals surface area contributed by atoms with Gasteiger partial charge >= 0.3 is 11.9 Å². The molecular formula is C26H32O6. The SMILES string of the molecule is COc1ccc(C2C(CCOC(C)=O)C(CCOC(C)=O)C2c2ccc(OC)cc2)cc1. The molecule has 2 aromatic rings. The first-order valence-corrected chi connectivity index (χ1v) is 11.0. The van der Waals surface area contributed by atoms with Crippen LogP contribution in [0.2, 0.25) is 0 Å². The molecule has 0 spiro atoms. The summed E-state index contributed by atoms with van der Waals surface area (Å²) in [5, 5.41) is 0. The lowest BCUT2D eigenvalue weighted by Crippen LogP contribution is -2.44. The fourth-order valence-electron chi connectivity index (χ4n) is 4.95. The predicted molar refractivity (Wildman–Crippen MR) is 121 cm³/mol. The van der Waals surface area contributed by atoms with Gasteiger partial charge < -0.3 is 18.9 Å². The largest absolute Gasteiger partial charge is 0.497 e. The van der Waals surface area contributed by atoms with E-state index in [1.807, 2.05) is 24.3 Å². The molecule has 1 aliphatic rings. The maximum atomic E-state index is 11.3. The molecule has 1 fully saturated rings. The molecule has 172 valence electrons. The number of hydrogen-bond acceptors (Lipinski definition) is 6. The summed E-state index contributed by atoms with van der Waals surface area (Å²) in [6.45, 7) is 3.62. The van der Waals surface area contributed by atoms with Crippen LogP contribution in [0, 0.1) is 11.8 Å². The highest BCUT2D eigenvalue weighted by atomic mass is 16.5. The first-order chi connectivity index (χ1) is 15.4. The van der Waals surface area contributed by atoms with Crippen molar-refractivity contribution in [2.75, 3.05) is 27.4 Å². The first kappa shape index (κ1) is 23.6. The lowest BCUT2D eigenvalue weighted by Gasteiger charge is -2.53. The molecule has 1 saturated carbocycles. The number of esters is 2. The topological polar surface area (TPSA) is 71.1 Å². The van der Waals surface area contributed by atoms with Crippen molar-refractivity contribution in [1.82, 2.24) is 0 Å². The van der Waals surface area contributed by atoms with Gasteiger partial charge in [-0.2, -0.15) is 0 Å². The fraction of sp³-hybridized carbons (Fsp3) is 0.462. The maximum absolute atomic E-state index is 11.3. The molecule has 0 N–H and O–H groups in total. The average molecular weight is 441 g/mol. The Hall–Kier alpha value is -3.02. The van der Waals surface area contributed by atoms with E-state index in [0.717, 1.165) is 24.3 Å². The van der Waals surface area contributed by atoms with Gasteiger partial charge in [-0.15, -0.1) is 0 Å². The molecule has 3 rings (SSSR count). The van der Waals surface area contributed by atoms with E-state index in [1.165, 1.54) is 25.0 Å². The molecule has 32 heavy (non-hydrogen) atoms. The molecule has 2 aromatic carbocycles. The summed E-state index contributed by atoms with van der Waals surface area (Å²) in [7, 11) is 3.32. The lowest BCUT2D eigenvalue weighted by atomic mass is 9.51. The monoisotopic (exact) mass is 440 g/mol. The molecule has 0 aromatic heterocycles. The molecule has 4 atom stereocenters. The second-order valence-corrected chi connectivity index (χ2v) is 8.18. The van der Waals surface area contributed by atoms with Crippen LogP contribution >= 0.6 is 0 Å². The normalized spacial score (nSPS) is 21.9. The smallest absolute Gasteiger partial charge is 0.302 e. The van der Waals surface area contributed by atoms with Gasteiger partial charge in [-0.05, 0) is 71.9 Å². The lowest BCUT2D eigenvalue weighted by molar-refractivity contribution is -0.144. The number of rotatable bonds is 10. The van der Waals surface area contributed by atoms with E-state index in [0.29, 0.717) is 25.0 Å². The molecule has 0 saturated heterocycles. The summed E-state index contributed by atoms with van der Waals surface area (Å²) in [6, 6.07) is 16.4. The van der Waals surface area contributed by atoms with Crippen molar-refractivity contribution >= 4 is 11.9 Å². The third kappa shape index (κ3) is 5.61. The Morgan fingerprint density at radius 2 is 1.00 bits per heavy atom. The molecule has 0 aliphatic heterocycles. The number of ether oxygens (including phenoxy) is 4. The maximum Gasteiger partial charge on any atom is 0.302 e. The van der Waals surface area contributed by atoms with Crippen LogP contribution in [0.15, 0.2) is 48.5 Å². The Morgan fingerprint density at radius 3 is 1.28 bits per heavy atom. The van der Waals surface area contributed by atoms with Crippen LogP contribution in [-0.4, -0.2) is 39.4 Å². The molecule has 0 heterocycles. The highest BCUT2D eigenvalue weighted by Gasteiger charge is 2.50. The molecule has 0 radical (unpaired) electrons. The van der Waals surface area contributed by atoms with Crippen LogP contribution in [0.3, 0.4) is 0 Å². The van der Waals surface area contributed by atoms with Gasteiger partial charge in [-0.3, -0.25) is 9.59 Å². The van der Waals surface area contributed by atoms with Gasteiger partial charge in [0.05, 0.1) is 27.4 Å². The minimum atomic E-state index is -0.270. The van der Waals surface area contributed by atoms with Crippen LogP contribution < -0.4 is 9.47 Å². The zero-order chi connectivity index (χ0) is 23.1. The van der Waals surface area contributed by atoms with E-state index in [2.05, 4.69) is 24.3 Å². The third-order valence-corrected chi connectivity index (χ3v) is 6.37. The van der Waals surface area contributed by atoms with Crippen molar-refractivity contribution in [3.63, 3.8) is 0 Å². The van der Waals surface area contributed by atoms with Gasteiger partial charge in [-0.1, -0.05) is 24.3 Å². The van der Waals surface area contributed by atoms with Crippen molar-refractivity contribution < 1.29 is 28.5 Å². The Morgan fingerprint density at radius 1 is 0.656 bits per heavy atom. The summed E-state index contributed by atoms with van der Waals surface area (Å²) in [6.07, 6.45) is 1.52. The van der Waals surface area contributed by atoms with Crippen LogP contribution in [-0.2, 0) is 19.1 Å². The van der Waals surface area contributed by atoms with E-state index in [-0.39, 0.29) is 23.8 Å². The zero-order valence-corrected chi connectivity index (χ0v) is 19.2. The number of methoxy groups -OCH3 is 2. The van der Waals surface area contributed by atoms with E-state index < -0.39 is 0 Å². The van der Waals surface area contributed by atoms with Crippen molar-refractivity contribution in [3.05, 3.63) is 59.7 Å². The molecule has 1 aliphatic carbocycles. The van der Waals surface area contributed by atoms with Crippen LogP contribution in [0.25, 0.3) is 0 Å². The summed E-state index contributed by atoms with van der Waals surface area (Å²) < 4.78 is 21.2. The summed E-state index contributed by atoms with van der Waals surface area (Å²) in [5.74, 6) is 2.20. The van der Waals surface area contributed by atoms with Crippen molar-refractivity contribution in [3.8, 4) is 11.5 Å². The first-order valence-electron chi connectivity index (χ1n) is 11.0. The number of carbonyl (C=O) groups is 2. The van der Waals surface area contributed by atoms with Crippen LogP contribution in [0.1, 0.15) is 49.7 Å². The van der Waals surface area contributed by atoms with Crippen molar-refractivity contribution in [1.29, 1.82) is 0 Å². The Labute approximate surface area is 189 Å². The third-order valence-electron chi connectivity index (χ3n) is 6.37. The Balaban J connectivity index is 1.90. The zero-order valence-electron chi connectivity index (χ0n) is 19.2. The molecule has 4 unspecified atom stereocenters. The summed E-state index contributed by atoms with van der Waals surface area (Å²) in [5.41, 5.74) is 2.45. The molecule has 0 bridgehead atoms. The van der Waals surface area contributed by atoms with E-state index in [4.69, 9.17) is 18.9 Å². The van der Waals surface area contributed by atoms with Gasteiger partial charge in [-0.25, -0.2) is 0 Å². The Kier molecular flexibility index (Phi) is 8.14. The highest BCUT2D eigenvalue weighted by molar-refractivity contribution is 5.66. The Bertz CT molecular complexity index is 814. The fourth-order valence-corrected chi connectivity index (χ4v) is 4.95. The van der Waals surface area contributed by atoms with E-state index >= 15 is 0 Å². The van der Waals surface area contributed by atoms with E-state index in [9.17, 15) is 9.59 Å². The standard InChI is InChI=1S/C26H32O6/c1-17(27)31-15-13-23-24(14-16-32-18(2)28)26(20-7-11-22(30-4)12-8-20)25(23)19-5-9-21(29-3)10-6-19/h5-12,23-26H,13-16H2,1-4H3. The van der Waals surface area contributed by atoms with Gasteiger partial charge in [0.15, 0.2) is 0 Å². The summed E-state index contributed by atoms with van der Waals surface area (Å²) >= 11 is 0. The van der Waals surface area contributed by atoms with Crippen LogP contribution in [0.5, 0.6) is 11.5 Å². The summed E-state index contributed by atoms with van der Waals surface area (Å²) in [4.78, 5) is 22.6. The van der Waals surface area contributed by atoms with Gasteiger partial charge in [0, 0.05) is 13.8 Å². The quantitative estimate of drug-likeness (QED) is 0.498. The van der Waals surface area contributed by atoms with Crippen LogP contribution in [0.4, 0.5) is 0 Å². The average Bonchev–Trinajstić information content (AvgIpc) is 2.78. The predicted octanol–water partition coefficient (Wildman–Crippen LogP) is 4.72. The van der Waals surface area contributed by atoms with Gasteiger partial charge in [0.1, 0.15) is 11.5 Å². The highest BCUT2D eigenvalue weighted by Crippen LogP contribution is 2.60. The molecule has 6 heteroatoms. The molecule has 0 amide bonds. The minimum absolute atomic E-state index is 0.257. The van der Waals surface area contributed by atoms with E-state index in [1.54, 1.807) is 14.2 Å². The molecule has 6 nitrogen and oxygen atoms in total. The van der Waals surface area contributed by atoms with Crippen molar-refractivity contribution in [2.45, 2.75) is 38.5 Å². The molecular weight excluding hydrogens is 408 g/mol. The van der Waals surface area contributed by atoms with Gasteiger partial charge in [0.25, 0.3) is 0 Å². The number of hydrogen-bond donors (Lipinski definition) is 0.